The van der Waals surface area contributed by atoms with Crippen LogP contribution in [-0.4, -0.2) is 12.1 Å². The van der Waals surface area contributed by atoms with Crippen LogP contribution >= 0.6 is 27.3 Å². The highest BCUT2D eigenvalue weighted by Gasteiger charge is 2.35. The summed E-state index contributed by atoms with van der Waals surface area (Å²) in [7, 11) is 1.77. The molecule has 0 aliphatic heterocycles. The molecule has 13 heavy (non-hydrogen) atoms. The largest absolute Gasteiger partial charge is 0.375 e. The average Bonchev–Trinajstić information content (AvgIpc) is 2.82. The molecule has 1 saturated carbocycles. The zero-order valence-corrected chi connectivity index (χ0v) is 10.1. The molecular weight excluding hydrogens is 250 g/mol. The summed E-state index contributed by atoms with van der Waals surface area (Å²) in [5, 5.41) is 1.10. The van der Waals surface area contributed by atoms with E-state index in [2.05, 4.69) is 20.9 Å². The molecule has 0 bridgehead atoms. The molecule has 1 aromatic rings. The number of nitrogens with zero attached hydrogens (tertiary/aromatic N) is 1. The fourth-order valence-electron chi connectivity index (χ4n) is 1.52. The lowest BCUT2D eigenvalue weighted by Gasteiger charge is -2.11. The molecule has 1 aliphatic carbocycles. The first-order valence-corrected chi connectivity index (χ1v) is 5.99. The number of aromatic nitrogens is 1. The van der Waals surface area contributed by atoms with E-state index in [1.165, 1.54) is 12.8 Å². The zero-order valence-electron chi connectivity index (χ0n) is 7.71. The van der Waals surface area contributed by atoms with Crippen LogP contribution in [0.3, 0.4) is 0 Å². The Balaban J connectivity index is 2.25. The van der Waals surface area contributed by atoms with Crippen molar-refractivity contribution in [2.75, 3.05) is 7.11 Å². The molecule has 1 fully saturated rings. The molecule has 2 rings (SSSR count). The summed E-state index contributed by atoms with van der Waals surface area (Å²) in [6.07, 6.45) is 2.77. The Morgan fingerprint density at radius 2 is 2.31 bits per heavy atom. The highest BCUT2D eigenvalue weighted by molar-refractivity contribution is 9.11. The maximum Gasteiger partial charge on any atom is 0.104 e. The zero-order chi connectivity index (χ0) is 9.42. The highest BCUT2D eigenvalue weighted by Crippen LogP contribution is 2.45. The minimum absolute atomic E-state index is 0.208. The minimum Gasteiger partial charge on any atom is -0.375 e. The summed E-state index contributed by atoms with van der Waals surface area (Å²) < 4.78 is 6.60. The third-order valence-electron chi connectivity index (χ3n) is 2.29. The SMILES string of the molecule is COC(c1nc(C)sc1Br)C1CC1. The van der Waals surface area contributed by atoms with Crippen molar-refractivity contribution in [3.63, 3.8) is 0 Å². The van der Waals surface area contributed by atoms with Crippen molar-refractivity contribution >= 4 is 27.3 Å². The van der Waals surface area contributed by atoms with Crippen LogP contribution in [0.15, 0.2) is 3.79 Å². The fraction of sp³-hybridized carbons (Fsp3) is 0.667. The molecule has 1 atom stereocenters. The number of rotatable bonds is 3. The lowest BCUT2D eigenvalue weighted by atomic mass is 10.2. The van der Waals surface area contributed by atoms with Gasteiger partial charge >= 0.3 is 0 Å². The van der Waals surface area contributed by atoms with Gasteiger partial charge < -0.3 is 4.74 Å². The van der Waals surface area contributed by atoms with Gasteiger partial charge in [-0.05, 0) is 41.6 Å². The summed E-state index contributed by atoms with van der Waals surface area (Å²) in [5.41, 5.74) is 1.09. The average molecular weight is 262 g/mol. The molecule has 1 aliphatic rings. The number of hydrogen-bond donors (Lipinski definition) is 0. The molecule has 1 heterocycles. The fourth-order valence-corrected chi connectivity index (χ4v) is 3.21. The van der Waals surface area contributed by atoms with E-state index in [0.29, 0.717) is 5.92 Å². The molecule has 1 unspecified atom stereocenters. The Bertz CT molecular complexity index is 309. The molecule has 0 N–H and O–H groups in total. The molecule has 0 aromatic carbocycles. The van der Waals surface area contributed by atoms with Crippen LogP contribution in [0.1, 0.15) is 29.6 Å². The Hall–Kier alpha value is 0.0700. The van der Waals surface area contributed by atoms with E-state index in [9.17, 15) is 0 Å². The normalized spacial score (nSPS) is 19.0. The van der Waals surface area contributed by atoms with Crippen molar-refractivity contribution in [2.24, 2.45) is 5.92 Å². The highest BCUT2D eigenvalue weighted by atomic mass is 79.9. The van der Waals surface area contributed by atoms with Gasteiger partial charge in [-0.2, -0.15) is 0 Å². The number of thiazole rings is 1. The topological polar surface area (TPSA) is 22.1 Å². The van der Waals surface area contributed by atoms with Gasteiger partial charge in [-0.3, -0.25) is 0 Å². The third-order valence-corrected chi connectivity index (χ3v) is 3.96. The second kappa shape index (κ2) is 3.67. The van der Waals surface area contributed by atoms with Crippen molar-refractivity contribution in [3.8, 4) is 0 Å². The molecule has 72 valence electrons. The first kappa shape index (κ1) is 9.62. The van der Waals surface area contributed by atoms with Crippen molar-refractivity contribution in [1.82, 2.24) is 4.98 Å². The molecule has 2 nitrogen and oxygen atoms in total. The predicted octanol–water partition coefficient (Wildman–Crippen LogP) is 3.31. The van der Waals surface area contributed by atoms with Crippen LogP contribution in [-0.2, 0) is 4.74 Å². The predicted molar refractivity (Wildman–Crippen MR) is 57.0 cm³/mol. The Kier molecular flexibility index (Phi) is 2.72. The van der Waals surface area contributed by atoms with Crippen molar-refractivity contribution < 1.29 is 4.74 Å². The Labute approximate surface area is 90.5 Å². The standard InChI is InChI=1S/C9H12BrNOS/c1-5-11-7(9(10)13-5)8(12-2)6-3-4-6/h6,8H,3-4H2,1-2H3. The lowest BCUT2D eigenvalue weighted by molar-refractivity contribution is 0.0809. The van der Waals surface area contributed by atoms with Crippen LogP contribution in [0, 0.1) is 12.8 Å². The number of halogens is 1. The first-order chi connectivity index (χ1) is 6.22. The van der Waals surface area contributed by atoms with Gasteiger partial charge in [-0.1, -0.05) is 0 Å². The van der Waals surface area contributed by atoms with Crippen LogP contribution in [0.25, 0.3) is 0 Å². The van der Waals surface area contributed by atoms with E-state index in [1.807, 2.05) is 6.92 Å². The second-order valence-corrected chi connectivity index (χ2v) is 5.91. The van der Waals surface area contributed by atoms with E-state index in [1.54, 1.807) is 18.4 Å². The Morgan fingerprint density at radius 1 is 1.62 bits per heavy atom. The summed E-state index contributed by atoms with van der Waals surface area (Å²) in [6.45, 7) is 2.03. The summed E-state index contributed by atoms with van der Waals surface area (Å²) in [4.78, 5) is 4.49. The monoisotopic (exact) mass is 261 g/mol. The summed E-state index contributed by atoms with van der Waals surface area (Å²) in [5.74, 6) is 0.697. The molecule has 1 aromatic heterocycles. The van der Waals surface area contributed by atoms with Crippen LogP contribution in [0.5, 0.6) is 0 Å². The molecule has 0 amide bonds. The molecular formula is C9H12BrNOS. The number of hydrogen-bond acceptors (Lipinski definition) is 3. The second-order valence-electron chi connectivity index (χ2n) is 3.39. The van der Waals surface area contributed by atoms with Gasteiger partial charge in [0.15, 0.2) is 0 Å². The van der Waals surface area contributed by atoms with Crippen LogP contribution in [0.2, 0.25) is 0 Å². The van der Waals surface area contributed by atoms with Gasteiger partial charge in [-0.15, -0.1) is 11.3 Å². The molecule has 0 saturated heterocycles. The van der Waals surface area contributed by atoms with Gasteiger partial charge in [0.05, 0.1) is 14.5 Å². The van der Waals surface area contributed by atoms with E-state index in [-0.39, 0.29) is 6.10 Å². The van der Waals surface area contributed by atoms with E-state index >= 15 is 0 Å². The Morgan fingerprint density at radius 3 is 2.69 bits per heavy atom. The van der Waals surface area contributed by atoms with Gasteiger partial charge in [0.2, 0.25) is 0 Å². The van der Waals surface area contributed by atoms with E-state index < -0.39 is 0 Å². The summed E-state index contributed by atoms with van der Waals surface area (Å²) in [6, 6.07) is 0. The van der Waals surface area contributed by atoms with E-state index in [0.717, 1.165) is 14.5 Å². The van der Waals surface area contributed by atoms with Crippen molar-refractivity contribution in [3.05, 3.63) is 14.5 Å². The third kappa shape index (κ3) is 1.95. The van der Waals surface area contributed by atoms with Gasteiger partial charge in [-0.25, -0.2) is 4.98 Å². The quantitative estimate of drug-likeness (QED) is 0.833. The maximum atomic E-state index is 5.47. The first-order valence-electron chi connectivity index (χ1n) is 4.38. The minimum atomic E-state index is 0.208. The molecule has 0 spiro atoms. The maximum absolute atomic E-state index is 5.47. The molecule has 0 radical (unpaired) electrons. The van der Waals surface area contributed by atoms with E-state index in [4.69, 9.17) is 4.74 Å². The smallest absolute Gasteiger partial charge is 0.104 e. The van der Waals surface area contributed by atoms with Gasteiger partial charge in [0, 0.05) is 7.11 Å². The van der Waals surface area contributed by atoms with Gasteiger partial charge in [0.25, 0.3) is 0 Å². The summed E-state index contributed by atoms with van der Waals surface area (Å²) >= 11 is 5.21. The van der Waals surface area contributed by atoms with Crippen LogP contribution in [0.4, 0.5) is 0 Å². The number of methoxy groups -OCH3 is 1. The van der Waals surface area contributed by atoms with Crippen LogP contribution < -0.4 is 0 Å². The number of aryl methyl sites for hydroxylation is 1. The number of ether oxygens (including phenoxy) is 1. The van der Waals surface area contributed by atoms with Crippen molar-refractivity contribution in [2.45, 2.75) is 25.9 Å². The van der Waals surface area contributed by atoms with Gasteiger partial charge in [0.1, 0.15) is 6.10 Å². The molecule has 4 heteroatoms. The lowest BCUT2D eigenvalue weighted by Crippen LogP contribution is -2.04. The van der Waals surface area contributed by atoms with Crippen molar-refractivity contribution in [1.29, 1.82) is 0 Å².